The third-order valence-electron chi connectivity index (χ3n) is 1.52. The Morgan fingerprint density at radius 2 is 2.45 bits per heavy atom. The molecule has 0 aromatic carbocycles. The van der Waals surface area contributed by atoms with Crippen molar-refractivity contribution in [3.05, 3.63) is 18.3 Å². The van der Waals surface area contributed by atoms with Crippen molar-refractivity contribution in [2.75, 3.05) is 7.11 Å². The van der Waals surface area contributed by atoms with E-state index < -0.39 is 0 Å². The van der Waals surface area contributed by atoms with Crippen molar-refractivity contribution >= 4 is 11.1 Å². The molecule has 0 amide bonds. The van der Waals surface area contributed by atoms with Gasteiger partial charge in [0.1, 0.15) is 12.6 Å². The van der Waals surface area contributed by atoms with Crippen molar-refractivity contribution in [3.8, 4) is 5.95 Å². The van der Waals surface area contributed by atoms with Crippen LogP contribution in [0.1, 0.15) is 0 Å². The number of aromatic hydroxyl groups is 1. The fraction of sp³-hybridized carbons (Fsp3) is 0.143. The van der Waals surface area contributed by atoms with E-state index in [2.05, 4.69) is 0 Å². The standard InChI is InChI=1S/C7H7NO3/c1-10-8-3-2-6-5(8)4-7(9)11-6/h2-4,9H,1H3. The molecule has 0 bridgehead atoms. The number of hydrogen-bond acceptors (Lipinski definition) is 3. The highest BCUT2D eigenvalue weighted by Crippen LogP contribution is 2.23. The van der Waals surface area contributed by atoms with Gasteiger partial charge in [0, 0.05) is 12.3 Å². The van der Waals surface area contributed by atoms with Crippen LogP contribution in [0.3, 0.4) is 0 Å². The SMILES string of the molecule is COn1ccc2oc(O)cc21. The van der Waals surface area contributed by atoms with Crippen LogP contribution in [-0.2, 0) is 0 Å². The van der Waals surface area contributed by atoms with Crippen LogP contribution < -0.4 is 4.84 Å². The van der Waals surface area contributed by atoms with Crippen LogP contribution in [0.4, 0.5) is 0 Å². The summed E-state index contributed by atoms with van der Waals surface area (Å²) in [6, 6.07) is 3.22. The van der Waals surface area contributed by atoms with Gasteiger partial charge >= 0.3 is 0 Å². The average molecular weight is 153 g/mol. The van der Waals surface area contributed by atoms with Crippen LogP contribution in [-0.4, -0.2) is 16.9 Å². The van der Waals surface area contributed by atoms with Gasteiger partial charge in [-0.05, 0) is 0 Å². The van der Waals surface area contributed by atoms with Crippen LogP contribution in [0.25, 0.3) is 11.1 Å². The Morgan fingerprint density at radius 3 is 3.18 bits per heavy atom. The van der Waals surface area contributed by atoms with Crippen LogP contribution in [0.2, 0.25) is 0 Å². The molecule has 4 heteroatoms. The van der Waals surface area contributed by atoms with Crippen LogP contribution in [0.15, 0.2) is 22.7 Å². The van der Waals surface area contributed by atoms with E-state index in [4.69, 9.17) is 14.4 Å². The lowest BCUT2D eigenvalue weighted by Gasteiger charge is -1.96. The summed E-state index contributed by atoms with van der Waals surface area (Å²) in [4.78, 5) is 4.93. The molecule has 4 nitrogen and oxygen atoms in total. The molecule has 0 unspecified atom stereocenters. The predicted octanol–water partition coefficient (Wildman–Crippen LogP) is 0.998. The molecule has 2 aromatic heterocycles. The Hall–Kier alpha value is -1.58. The van der Waals surface area contributed by atoms with Gasteiger partial charge in [0.15, 0.2) is 5.58 Å². The maximum Gasteiger partial charge on any atom is 0.284 e. The Balaban J connectivity index is 2.73. The first kappa shape index (κ1) is 6.15. The molecule has 1 N–H and O–H groups in total. The van der Waals surface area contributed by atoms with Crippen molar-refractivity contribution in [2.45, 2.75) is 0 Å². The van der Waals surface area contributed by atoms with Crippen molar-refractivity contribution in [2.24, 2.45) is 0 Å². The predicted molar refractivity (Wildman–Crippen MR) is 38.4 cm³/mol. The molecule has 0 spiro atoms. The van der Waals surface area contributed by atoms with E-state index >= 15 is 0 Å². The highest BCUT2D eigenvalue weighted by atomic mass is 16.6. The minimum absolute atomic E-state index is 0.0959. The second-order valence-electron chi connectivity index (χ2n) is 2.16. The molecule has 0 aliphatic rings. The van der Waals surface area contributed by atoms with Gasteiger partial charge in [-0.15, -0.1) is 0 Å². The molecule has 0 atom stereocenters. The van der Waals surface area contributed by atoms with E-state index in [-0.39, 0.29) is 5.95 Å². The largest absolute Gasteiger partial charge is 0.481 e. The van der Waals surface area contributed by atoms with Crippen molar-refractivity contribution < 1.29 is 14.4 Å². The molecule has 2 heterocycles. The second-order valence-corrected chi connectivity index (χ2v) is 2.16. The monoisotopic (exact) mass is 153 g/mol. The number of furan rings is 1. The number of fused-ring (bicyclic) bond motifs is 1. The fourth-order valence-electron chi connectivity index (χ4n) is 1.05. The van der Waals surface area contributed by atoms with Gasteiger partial charge < -0.3 is 14.4 Å². The van der Waals surface area contributed by atoms with E-state index in [1.807, 2.05) is 0 Å². The number of nitrogens with zero attached hydrogens (tertiary/aromatic N) is 1. The number of hydrogen-bond donors (Lipinski definition) is 1. The molecule has 0 saturated carbocycles. The molecule has 0 fully saturated rings. The minimum atomic E-state index is -0.0959. The third-order valence-corrected chi connectivity index (χ3v) is 1.52. The summed E-state index contributed by atoms with van der Waals surface area (Å²) in [5.74, 6) is -0.0959. The summed E-state index contributed by atoms with van der Waals surface area (Å²) in [5, 5.41) is 8.93. The van der Waals surface area contributed by atoms with Crippen LogP contribution in [0.5, 0.6) is 5.95 Å². The zero-order valence-corrected chi connectivity index (χ0v) is 5.94. The van der Waals surface area contributed by atoms with Gasteiger partial charge in [-0.1, -0.05) is 0 Å². The summed E-state index contributed by atoms with van der Waals surface area (Å²) in [6.07, 6.45) is 1.72. The van der Waals surface area contributed by atoms with Gasteiger partial charge in [-0.3, -0.25) is 0 Å². The first-order chi connectivity index (χ1) is 5.31. The van der Waals surface area contributed by atoms with Crippen LogP contribution in [0, 0.1) is 0 Å². The molecular formula is C7H7NO3. The summed E-state index contributed by atoms with van der Waals surface area (Å²) in [6.45, 7) is 0. The number of aromatic nitrogens is 1. The topological polar surface area (TPSA) is 47.5 Å². The van der Waals surface area contributed by atoms with Gasteiger partial charge in [0.2, 0.25) is 0 Å². The number of rotatable bonds is 1. The molecule has 2 rings (SSSR count). The van der Waals surface area contributed by atoms with E-state index in [0.29, 0.717) is 5.58 Å². The van der Waals surface area contributed by atoms with Crippen molar-refractivity contribution in [1.29, 1.82) is 0 Å². The van der Waals surface area contributed by atoms with Gasteiger partial charge in [-0.2, -0.15) is 4.73 Å². The molecule has 0 radical (unpaired) electrons. The normalized spacial score (nSPS) is 10.6. The summed E-state index contributed by atoms with van der Waals surface area (Å²) in [5.41, 5.74) is 1.34. The molecule has 0 saturated heterocycles. The summed E-state index contributed by atoms with van der Waals surface area (Å²) in [7, 11) is 1.55. The Morgan fingerprint density at radius 1 is 1.64 bits per heavy atom. The zero-order chi connectivity index (χ0) is 7.84. The molecule has 58 valence electrons. The van der Waals surface area contributed by atoms with Crippen molar-refractivity contribution in [1.82, 2.24) is 4.73 Å². The van der Waals surface area contributed by atoms with Gasteiger partial charge in [0.25, 0.3) is 5.95 Å². The second kappa shape index (κ2) is 1.95. The quantitative estimate of drug-likeness (QED) is 0.664. The minimum Gasteiger partial charge on any atom is -0.481 e. The molecule has 2 aromatic rings. The smallest absolute Gasteiger partial charge is 0.284 e. The van der Waals surface area contributed by atoms with E-state index in [9.17, 15) is 0 Å². The molecule has 0 aliphatic heterocycles. The Bertz CT molecular complexity index is 374. The first-order valence-electron chi connectivity index (χ1n) is 3.15. The summed E-state index contributed by atoms with van der Waals surface area (Å²) >= 11 is 0. The van der Waals surface area contributed by atoms with Gasteiger partial charge in [0.05, 0.1) is 6.07 Å². The fourth-order valence-corrected chi connectivity index (χ4v) is 1.05. The maximum atomic E-state index is 8.93. The molecular weight excluding hydrogens is 146 g/mol. The third kappa shape index (κ3) is 0.756. The Kier molecular flexibility index (Phi) is 1.09. The first-order valence-corrected chi connectivity index (χ1v) is 3.15. The zero-order valence-electron chi connectivity index (χ0n) is 5.94. The highest BCUT2D eigenvalue weighted by Gasteiger charge is 2.06. The lowest BCUT2D eigenvalue weighted by Crippen LogP contribution is -2.01. The van der Waals surface area contributed by atoms with Gasteiger partial charge in [-0.25, -0.2) is 0 Å². The molecule has 0 aliphatic carbocycles. The van der Waals surface area contributed by atoms with E-state index in [0.717, 1.165) is 5.52 Å². The lowest BCUT2D eigenvalue weighted by molar-refractivity contribution is 0.179. The van der Waals surface area contributed by atoms with Crippen LogP contribution >= 0.6 is 0 Å². The Labute approximate surface area is 62.6 Å². The van der Waals surface area contributed by atoms with E-state index in [1.54, 1.807) is 19.4 Å². The molecule has 11 heavy (non-hydrogen) atoms. The lowest BCUT2D eigenvalue weighted by atomic mass is 10.5. The van der Waals surface area contributed by atoms with E-state index in [1.165, 1.54) is 10.8 Å². The highest BCUT2D eigenvalue weighted by molar-refractivity contribution is 5.75. The summed E-state index contributed by atoms with van der Waals surface area (Å²) < 4.78 is 6.42. The average Bonchev–Trinajstić information content (AvgIpc) is 2.45. The van der Waals surface area contributed by atoms with Crippen molar-refractivity contribution in [3.63, 3.8) is 0 Å². The maximum absolute atomic E-state index is 8.93.